The minimum atomic E-state index is -0.365. The molecule has 1 aliphatic heterocycles. The molecule has 1 aromatic carbocycles. The second-order valence-electron chi connectivity index (χ2n) is 5.34. The second kappa shape index (κ2) is 6.45. The Labute approximate surface area is 137 Å². The van der Waals surface area contributed by atoms with Crippen molar-refractivity contribution in [3.8, 4) is 0 Å². The van der Waals surface area contributed by atoms with E-state index in [2.05, 4.69) is 4.98 Å². The van der Waals surface area contributed by atoms with Gasteiger partial charge in [0.2, 0.25) is 0 Å². The molecular weight excluding hydrogens is 317 g/mol. The highest BCUT2D eigenvalue weighted by Crippen LogP contribution is 2.14. The normalized spacial score (nSPS) is 14.9. The SMILES string of the molecule is Cc1nc(C(=O)N2CCN(C(=O)c3ccc(F)cc3)CC2)cs1. The summed E-state index contributed by atoms with van der Waals surface area (Å²) in [5.74, 6) is -0.597. The van der Waals surface area contributed by atoms with Gasteiger partial charge in [0, 0.05) is 37.1 Å². The Morgan fingerprint density at radius 3 is 2.13 bits per heavy atom. The molecule has 2 amide bonds. The molecule has 0 radical (unpaired) electrons. The third-order valence-corrected chi connectivity index (χ3v) is 4.56. The van der Waals surface area contributed by atoms with Crippen molar-refractivity contribution in [1.29, 1.82) is 0 Å². The molecule has 3 rings (SSSR count). The third-order valence-electron chi connectivity index (χ3n) is 3.78. The van der Waals surface area contributed by atoms with Crippen LogP contribution in [0.5, 0.6) is 0 Å². The fourth-order valence-electron chi connectivity index (χ4n) is 2.51. The summed E-state index contributed by atoms with van der Waals surface area (Å²) in [6.45, 7) is 3.74. The van der Waals surface area contributed by atoms with Crippen LogP contribution < -0.4 is 0 Å². The van der Waals surface area contributed by atoms with E-state index in [9.17, 15) is 14.0 Å². The Morgan fingerprint density at radius 1 is 1.04 bits per heavy atom. The lowest BCUT2D eigenvalue weighted by molar-refractivity contribution is 0.0532. The van der Waals surface area contributed by atoms with Crippen molar-refractivity contribution in [2.24, 2.45) is 0 Å². The zero-order valence-electron chi connectivity index (χ0n) is 12.7. The minimum absolute atomic E-state index is 0.0942. The van der Waals surface area contributed by atoms with E-state index in [0.29, 0.717) is 37.4 Å². The van der Waals surface area contributed by atoms with E-state index in [4.69, 9.17) is 0 Å². The first-order chi connectivity index (χ1) is 11.0. The maximum atomic E-state index is 12.9. The van der Waals surface area contributed by atoms with Gasteiger partial charge in [-0.15, -0.1) is 11.3 Å². The molecule has 1 saturated heterocycles. The zero-order valence-corrected chi connectivity index (χ0v) is 13.5. The van der Waals surface area contributed by atoms with Gasteiger partial charge in [0.25, 0.3) is 11.8 Å². The average Bonchev–Trinajstić information content (AvgIpc) is 3.01. The van der Waals surface area contributed by atoms with Crippen molar-refractivity contribution < 1.29 is 14.0 Å². The maximum Gasteiger partial charge on any atom is 0.273 e. The summed E-state index contributed by atoms with van der Waals surface area (Å²) < 4.78 is 12.9. The average molecular weight is 333 g/mol. The van der Waals surface area contributed by atoms with Crippen molar-refractivity contribution in [2.75, 3.05) is 26.2 Å². The van der Waals surface area contributed by atoms with Crippen LogP contribution in [0.1, 0.15) is 25.9 Å². The van der Waals surface area contributed by atoms with E-state index in [1.165, 1.54) is 35.6 Å². The molecule has 2 aromatic rings. The van der Waals surface area contributed by atoms with E-state index in [1.807, 2.05) is 6.92 Å². The number of hydrogen-bond acceptors (Lipinski definition) is 4. The van der Waals surface area contributed by atoms with Gasteiger partial charge in [-0.05, 0) is 31.2 Å². The number of amides is 2. The van der Waals surface area contributed by atoms with Crippen LogP contribution in [0.4, 0.5) is 4.39 Å². The number of piperazine rings is 1. The van der Waals surface area contributed by atoms with Gasteiger partial charge >= 0.3 is 0 Å². The van der Waals surface area contributed by atoms with E-state index >= 15 is 0 Å². The number of thiazole rings is 1. The number of rotatable bonds is 2. The Bertz CT molecular complexity index is 721. The predicted molar refractivity (Wildman–Crippen MR) is 85.1 cm³/mol. The molecular formula is C16H16FN3O2S. The topological polar surface area (TPSA) is 53.5 Å². The Balaban J connectivity index is 1.61. The summed E-state index contributed by atoms with van der Waals surface area (Å²) in [7, 11) is 0. The molecule has 5 nitrogen and oxygen atoms in total. The Hall–Kier alpha value is -2.28. The molecule has 1 fully saturated rings. The van der Waals surface area contributed by atoms with Crippen molar-refractivity contribution in [2.45, 2.75) is 6.92 Å². The van der Waals surface area contributed by atoms with Gasteiger partial charge < -0.3 is 9.80 Å². The van der Waals surface area contributed by atoms with Crippen molar-refractivity contribution in [3.05, 3.63) is 51.7 Å². The molecule has 0 atom stereocenters. The van der Waals surface area contributed by atoms with Crippen LogP contribution in [0, 0.1) is 12.7 Å². The number of carbonyl (C=O) groups is 2. The Kier molecular flexibility index (Phi) is 4.38. The number of halogens is 1. The van der Waals surface area contributed by atoms with E-state index in [0.717, 1.165) is 5.01 Å². The fraction of sp³-hybridized carbons (Fsp3) is 0.312. The van der Waals surface area contributed by atoms with Crippen LogP contribution in [-0.4, -0.2) is 52.8 Å². The fourth-order valence-corrected chi connectivity index (χ4v) is 3.10. The van der Waals surface area contributed by atoms with Gasteiger partial charge in [-0.2, -0.15) is 0 Å². The zero-order chi connectivity index (χ0) is 16.4. The van der Waals surface area contributed by atoms with Crippen LogP contribution in [-0.2, 0) is 0 Å². The Morgan fingerprint density at radius 2 is 1.61 bits per heavy atom. The second-order valence-corrected chi connectivity index (χ2v) is 6.41. The predicted octanol–water partition coefficient (Wildman–Crippen LogP) is 2.19. The molecule has 0 bridgehead atoms. The standard InChI is InChI=1S/C16H16FN3O2S/c1-11-18-14(10-23-11)16(22)20-8-6-19(7-9-20)15(21)12-2-4-13(17)5-3-12/h2-5,10H,6-9H2,1H3. The highest BCUT2D eigenvalue weighted by Gasteiger charge is 2.26. The van der Waals surface area contributed by atoms with Crippen LogP contribution in [0.2, 0.25) is 0 Å². The molecule has 2 heterocycles. The van der Waals surface area contributed by atoms with Gasteiger partial charge in [-0.25, -0.2) is 9.37 Å². The van der Waals surface area contributed by atoms with Crippen molar-refractivity contribution in [1.82, 2.24) is 14.8 Å². The lowest BCUT2D eigenvalue weighted by atomic mass is 10.1. The molecule has 0 unspecified atom stereocenters. The number of carbonyl (C=O) groups excluding carboxylic acids is 2. The summed E-state index contributed by atoms with van der Waals surface area (Å²) >= 11 is 1.45. The third kappa shape index (κ3) is 3.39. The highest BCUT2D eigenvalue weighted by molar-refractivity contribution is 7.09. The van der Waals surface area contributed by atoms with Gasteiger partial charge in [-0.3, -0.25) is 9.59 Å². The number of benzene rings is 1. The van der Waals surface area contributed by atoms with Crippen LogP contribution in [0.3, 0.4) is 0 Å². The number of nitrogens with zero attached hydrogens (tertiary/aromatic N) is 3. The van der Waals surface area contributed by atoms with Gasteiger partial charge in [0.15, 0.2) is 0 Å². The highest BCUT2D eigenvalue weighted by atomic mass is 32.1. The first-order valence-corrected chi connectivity index (χ1v) is 8.19. The van der Waals surface area contributed by atoms with Gasteiger partial charge in [-0.1, -0.05) is 0 Å². The van der Waals surface area contributed by atoms with Crippen molar-refractivity contribution >= 4 is 23.2 Å². The summed E-state index contributed by atoms with van der Waals surface area (Å²) in [4.78, 5) is 32.3. The van der Waals surface area contributed by atoms with Crippen LogP contribution in [0.15, 0.2) is 29.6 Å². The maximum absolute atomic E-state index is 12.9. The lowest BCUT2D eigenvalue weighted by Crippen LogP contribution is -2.50. The van der Waals surface area contributed by atoms with E-state index in [-0.39, 0.29) is 17.6 Å². The molecule has 1 aromatic heterocycles. The van der Waals surface area contributed by atoms with E-state index in [1.54, 1.807) is 15.2 Å². The molecule has 7 heteroatoms. The molecule has 120 valence electrons. The number of aromatic nitrogens is 1. The molecule has 1 aliphatic rings. The smallest absolute Gasteiger partial charge is 0.273 e. The largest absolute Gasteiger partial charge is 0.335 e. The molecule has 0 N–H and O–H groups in total. The van der Waals surface area contributed by atoms with Gasteiger partial charge in [0.05, 0.1) is 5.01 Å². The summed E-state index contributed by atoms with van der Waals surface area (Å²) in [6.07, 6.45) is 0. The quantitative estimate of drug-likeness (QED) is 0.846. The molecule has 23 heavy (non-hydrogen) atoms. The van der Waals surface area contributed by atoms with E-state index < -0.39 is 0 Å². The summed E-state index contributed by atoms with van der Waals surface area (Å²) in [5.41, 5.74) is 0.923. The number of aryl methyl sites for hydroxylation is 1. The first kappa shape index (κ1) is 15.6. The number of hydrogen-bond donors (Lipinski definition) is 0. The van der Waals surface area contributed by atoms with Crippen LogP contribution >= 0.6 is 11.3 Å². The minimum Gasteiger partial charge on any atom is -0.335 e. The molecule has 0 spiro atoms. The van der Waals surface area contributed by atoms with Gasteiger partial charge in [0.1, 0.15) is 11.5 Å². The van der Waals surface area contributed by atoms with Crippen LogP contribution in [0.25, 0.3) is 0 Å². The van der Waals surface area contributed by atoms with Crippen molar-refractivity contribution in [3.63, 3.8) is 0 Å². The summed E-state index contributed by atoms with van der Waals surface area (Å²) in [6, 6.07) is 5.51. The first-order valence-electron chi connectivity index (χ1n) is 7.31. The molecule has 0 saturated carbocycles. The monoisotopic (exact) mass is 333 g/mol. The lowest BCUT2D eigenvalue weighted by Gasteiger charge is -2.34. The molecule has 0 aliphatic carbocycles. The summed E-state index contributed by atoms with van der Waals surface area (Å²) in [5, 5.41) is 2.62.